The van der Waals surface area contributed by atoms with Gasteiger partial charge in [0, 0.05) is 24.2 Å². The predicted octanol–water partition coefficient (Wildman–Crippen LogP) is 2.35. The van der Waals surface area contributed by atoms with Gasteiger partial charge >= 0.3 is 5.97 Å². The molecule has 134 valence electrons. The fourth-order valence-electron chi connectivity index (χ4n) is 5.10. The van der Waals surface area contributed by atoms with Crippen molar-refractivity contribution in [1.29, 1.82) is 0 Å². The number of carboxylic acid groups (broad SMARTS) is 1. The molecule has 5 fully saturated rings. The van der Waals surface area contributed by atoms with Crippen LogP contribution in [0.4, 0.5) is 0 Å². The topological polar surface area (TPSA) is 86.6 Å². The Morgan fingerprint density at radius 1 is 1.25 bits per heavy atom. The standard InChI is InChI=1S/C17H25NO6/c1-9-4-5-12-10(2)14(18-8-13(19)20)21-15-17(12)11(9)6-7-16(3,22-15)23-24-17/h9-12,15H,4-8H2,1-3H3,(H,19,20). The lowest BCUT2D eigenvalue weighted by molar-refractivity contribution is -0.557. The van der Waals surface area contributed by atoms with Gasteiger partial charge in [0.05, 0.1) is 0 Å². The number of fused-ring (bicyclic) bond motifs is 2. The summed E-state index contributed by atoms with van der Waals surface area (Å²) < 4.78 is 12.2. The van der Waals surface area contributed by atoms with Crippen LogP contribution in [0.15, 0.2) is 4.99 Å². The molecule has 5 rings (SSSR count). The molecule has 7 unspecified atom stereocenters. The Bertz CT molecular complexity index is 579. The summed E-state index contributed by atoms with van der Waals surface area (Å²) in [5.41, 5.74) is -0.630. The van der Waals surface area contributed by atoms with E-state index in [-0.39, 0.29) is 18.4 Å². The van der Waals surface area contributed by atoms with E-state index in [2.05, 4.69) is 11.9 Å². The molecular formula is C17H25NO6. The molecule has 2 bridgehead atoms. The number of aliphatic imine (C=N–C) groups is 1. The van der Waals surface area contributed by atoms with E-state index in [1.54, 1.807) is 0 Å². The van der Waals surface area contributed by atoms with E-state index >= 15 is 0 Å². The Hall–Kier alpha value is -1.18. The first kappa shape index (κ1) is 16.3. The third-order valence-corrected chi connectivity index (χ3v) is 6.37. The second-order valence-electron chi connectivity index (χ2n) is 7.86. The van der Waals surface area contributed by atoms with Crippen LogP contribution in [-0.2, 0) is 24.0 Å². The van der Waals surface area contributed by atoms with Crippen molar-refractivity contribution in [3.8, 4) is 0 Å². The number of aliphatic carboxylic acids is 1. The molecule has 5 aliphatic rings. The van der Waals surface area contributed by atoms with Crippen molar-refractivity contribution in [3.63, 3.8) is 0 Å². The molecule has 7 atom stereocenters. The zero-order chi connectivity index (χ0) is 17.1. The number of hydrogen-bond donors (Lipinski definition) is 1. The minimum Gasteiger partial charge on any atom is -0.480 e. The third-order valence-electron chi connectivity index (χ3n) is 6.37. The fraction of sp³-hybridized carbons (Fsp3) is 0.882. The molecule has 4 aliphatic heterocycles. The van der Waals surface area contributed by atoms with Crippen molar-refractivity contribution in [1.82, 2.24) is 0 Å². The van der Waals surface area contributed by atoms with Crippen LogP contribution >= 0.6 is 0 Å². The highest BCUT2D eigenvalue weighted by Crippen LogP contribution is 2.59. The maximum Gasteiger partial charge on any atom is 0.325 e. The fourth-order valence-corrected chi connectivity index (χ4v) is 5.10. The highest BCUT2D eigenvalue weighted by Gasteiger charge is 2.69. The summed E-state index contributed by atoms with van der Waals surface area (Å²) >= 11 is 0. The quantitative estimate of drug-likeness (QED) is 0.777. The number of carbonyl (C=O) groups is 1. The molecule has 0 radical (unpaired) electrons. The Morgan fingerprint density at radius 3 is 2.79 bits per heavy atom. The molecule has 1 aliphatic carbocycles. The van der Waals surface area contributed by atoms with Gasteiger partial charge in [0.2, 0.25) is 12.1 Å². The molecule has 4 saturated heterocycles. The Balaban J connectivity index is 1.75. The van der Waals surface area contributed by atoms with E-state index in [0.29, 0.717) is 17.7 Å². The normalized spacial score (nSPS) is 51.6. The zero-order valence-electron chi connectivity index (χ0n) is 14.4. The molecule has 0 aromatic carbocycles. The summed E-state index contributed by atoms with van der Waals surface area (Å²) in [5, 5.41) is 8.93. The van der Waals surface area contributed by atoms with Gasteiger partial charge in [0.25, 0.3) is 0 Å². The number of carboxylic acids is 1. The first-order chi connectivity index (χ1) is 11.4. The molecular weight excluding hydrogens is 314 g/mol. The van der Waals surface area contributed by atoms with Crippen LogP contribution in [-0.4, -0.2) is 41.2 Å². The average Bonchev–Trinajstić information content (AvgIpc) is 2.76. The summed E-state index contributed by atoms with van der Waals surface area (Å²) in [7, 11) is 0. The molecule has 0 amide bonds. The first-order valence-electron chi connectivity index (χ1n) is 8.83. The summed E-state index contributed by atoms with van der Waals surface area (Å²) in [6.45, 7) is 5.87. The minimum atomic E-state index is -0.969. The maximum atomic E-state index is 10.9. The van der Waals surface area contributed by atoms with Crippen LogP contribution < -0.4 is 0 Å². The van der Waals surface area contributed by atoms with Crippen LogP contribution in [0.5, 0.6) is 0 Å². The van der Waals surface area contributed by atoms with Crippen molar-refractivity contribution >= 4 is 11.9 Å². The molecule has 1 saturated carbocycles. The molecule has 7 heteroatoms. The summed E-state index contributed by atoms with van der Waals surface area (Å²) in [6.07, 6.45) is 3.21. The van der Waals surface area contributed by atoms with E-state index in [0.717, 1.165) is 25.7 Å². The SMILES string of the molecule is CC1CCC2C(C)C(=NCC(=O)O)OC3OC4(C)CCC1C32OO4. The third kappa shape index (κ3) is 2.21. The van der Waals surface area contributed by atoms with Crippen molar-refractivity contribution in [2.24, 2.45) is 28.7 Å². The van der Waals surface area contributed by atoms with Crippen molar-refractivity contribution in [2.45, 2.75) is 64.1 Å². The van der Waals surface area contributed by atoms with Gasteiger partial charge in [-0.25, -0.2) is 14.8 Å². The van der Waals surface area contributed by atoms with E-state index in [1.807, 2.05) is 13.8 Å². The second-order valence-corrected chi connectivity index (χ2v) is 7.86. The van der Waals surface area contributed by atoms with E-state index in [9.17, 15) is 4.79 Å². The molecule has 7 nitrogen and oxygen atoms in total. The lowest BCUT2D eigenvalue weighted by Gasteiger charge is -2.58. The van der Waals surface area contributed by atoms with Gasteiger partial charge in [0.1, 0.15) is 6.54 Å². The van der Waals surface area contributed by atoms with E-state index in [1.165, 1.54) is 0 Å². The lowest BCUT2D eigenvalue weighted by atomic mass is 9.58. The molecule has 0 aromatic heterocycles. The summed E-state index contributed by atoms with van der Waals surface area (Å²) in [5.74, 6) is -0.401. The average molecular weight is 339 g/mol. The van der Waals surface area contributed by atoms with Crippen LogP contribution in [0.25, 0.3) is 0 Å². The molecule has 0 aromatic rings. The maximum absolute atomic E-state index is 10.9. The van der Waals surface area contributed by atoms with Crippen LogP contribution in [0, 0.1) is 23.7 Å². The smallest absolute Gasteiger partial charge is 0.325 e. The van der Waals surface area contributed by atoms with Gasteiger partial charge in [-0.2, -0.15) is 0 Å². The van der Waals surface area contributed by atoms with Gasteiger partial charge in [-0.1, -0.05) is 13.8 Å². The zero-order valence-corrected chi connectivity index (χ0v) is 14.4. The Labute approximate surface area is 141 Å². The van der Waals surface area contributed by atoms with Crippen LogP contribution in [0.1, 0.15) is 46.5 Å². The summed E-state index contributed by atoms with van der Waals surface area (Å²) in [6, 6.07) is 0. The number of hydrogen-bond acceptors (Lipinski definition) is 6. The highest BCUT2D eigenvalue weighted by atomic mass is 17.3. The van der Waals surface area contributed by atoms with Gasteiger partial charge < -0.3 is 14.6 Å². The lowest BCUT2D eigenvalue weighted by Crippen LogP contribution is -2.69. The van der Waals surface area contributed by atoms with E-state index < -0.39 is 23.6 Å². The highest BCUT2D eigenvalue weighted by molar-refractivity contribution is 5.82. The van der Waals surface area contributed by atoms with Gasteiger partial charge in [0.15, 0.2) is 11.5 Å². The van der Waals surface area contributed by atoms with E-state index in [4.69, 9.17) is 24.4 Å². The van der Waals surface area contributed by atoms with Crippen molar-refractivity contribution < 1.29 is 29.1 Å². The molecule has 1 N–H and O–H groups in total. The minimum absolute atomic E-state index is 0.0229. The molecule has 24 heavy (non-hydrogen) atoms. The molecule has 4 heterocycles. The predicted molar refractivity (Wildman–Crippen MR) is 83.0 cm³/mol. The second kappa shape index (κ2) is 5.41. The van der Waals surface area contributed by atoms with Crippen molar-refractivity contribution in [2.75, 3.05) is 6.54 Å². The Kier molecular flexibility index (Phi) is 3.67. The number of ether oxygens (including phenoxy) is 2. The van der Waals surface area contributed by atoms with Gasteiger partial charge in [-0.05, 0) is 32.1 Å². The Morgan fingerprint density at radius 2 is 2.04 bits per heavy atom. The monoisotopic (exact) mass is 339 g/mol. The number of nitrogens with zero attached hydrogens (tertiary/aromatic N) is 1. The molecule has 1 spiro atoms. The summed E-state index contributed by atoms with van der Waals surface area (Å²) in [4.78, 5) is 26.8. The van der Waals surface area contributed by atoms with Gasteiger partial charge in [-0.3, -0.25) is 4.79 Å². The van der Waals surface area contributed by atoms with Crippen LogP contribution in [0.3, 0.4) is 0 Å². The largest absolute Gasteiger partial charge is 0.480 e. The van der Waals surface area contributed by atoms with Gasteiger partial charge in [-0.15, -0.1) is 0 Å². The first-order valence-corrected chi connectivity index (χ1v) is 8.83. The van der Waals surface area contributed by atoms with Crippen molar-refractivity contribution in [3.05, 3.63) is 0 Å². The number of rotatable bonds is 2. The van der Waals surface area contributed by atoms with Crippen LogP contribution in [0.2, 0.25) is 0 Å².